The van der Waals surface area contributed by atoms with Crippen LogP contribution in [-0.2, 0) is 16.3 Å². The molecule has 3 aromatic rings. The predicted octanol–water partition coefficient (Wildman–Crippen LogP) is 3.60. The zero-order chi connectivity index (χ0) is 28.4. The number of amides is 2. The molecule has 192 valence electrons. The molecular weight excluding hydrogens is 478 g/mol. The van der Waals surface area contributed by atoms with Crippen molar-refractivity contribution in [2.24, 2.45) is 5.92 Å². The number of rotatable bonds is 11. The number of aromatic nitrogens is 4. The van der Waals surface area contributed by atoms with Gasteiger partial charge >= 0.3 is 0 Å². The van der Waals surface area contributed by atoms with Gasteiger partial charge in [-0.15, -0.1) is 0 Å². The second kappa shape index (κ2) is 10.6. The lowest BCUT2D eigenvalue weighted by Crippen LogP contribution is -2.22. The summed E-state index contributed by atoms with van der Waals surface area (Å²) in [5.74, 6) is -0.280. The van der Waals surface area contributed by atoms with E-state index in [1.165, 1.54) is 19.4 Å². The summed E-state index contributed by atoms with van der Waals surface area (Å²) in [5, 5.41) is 12.9. The Morgan fingerprint density at radius 2 is 2.03 bits per heavy atom. The summed E-state index contributed by atoms with van der Waals surface area (Å²) >= 11 is 0. The smallest absolute Gasteiger partial charge is 0.254 e. The van der Waals surface area contributed by atoms with Crippen LogP contribution in [0.3, 0.4) is 0 Å². The zero-order valence-corrected chi connectivity index (χ0v) is 21.8. The molecule has 0 unspecified atom stereocenters. The van der Waals surface area contributed by atoms with Crippen molar-refractivity contribution in [3.8, 4) is 5.75 Å². The number of fused-ring (bicyclic) bond motifs is 1. The van der Waals surface area contributed by atoms with E-state index in [2.05, 4.69) is 45.3 Å². The van der Waals surface area contributed by atoms with E-state index in [9.17, 15) is 9.59 Å². The van der Waals surface area contributed by atoms with E-state index >= 15 is 0 Å². The van der Waals surface area contributed by atoms with Gasteiger partial charge in [0.15, 0.2) is 11.6 Å². The molecule has 1 aliphatic carbocycles. The summed E-state index contributed by atoms with van der Waals surface area (Å²) in [4.78, 5) is 33.7. The SMILES string of the molecule is [2H]C([2H])([2H])NC(=O)c1cnc(NC(=O)C2CC2)cc1Nc1ncc2cnn(COCC[Si](C)(C)C)c2c1OC. The maximum absolute atomic E-state index is 12.8. The van der Waals surface area contributed by atoms with Gasteiger partial charge < -0.3 is 25.4 Å². The highest BCUT2D eigenvalue weighted by Crippen LogP contribution is 2.35. The van der Waals surface area contributed by atoms with Gasteiger partial charge in [-0.2, -0.15) is 5.10 Å². The summed E-state index contributed by atoms with van der Waals surface area (Å²) < 4.78 is 35.5. The molecule has 2 amide bonds. The highest BCUT2D eigenvalue weighted by atomic mass is 28.3. The number of anilines is 3. The third kappa shape index (κ3) is 6.00. The lowest BCUT2D eigenvalue weighted by Gasteiger charge is -2.17. The molecule has 0 spiro atoms. The van der Waals surface area contributed by atoms with Crippen LogP contribution in [0.1, 0.15) is 27.3 Å². The Bertz CT molecular complexity index is 1370. The lowest BCUT2D eigenvalue weighted by molar-refractivity contribution is -0.117. The molecule has 0 atom stereocenters. The topological polar surface area (TPSA) is 132 Å². The molecule has 12 heteroatoms. The van der Waals surface area contributed by atoms with Crippen molar-refractivity contribution >= 4 is 48.1 Å². The third-order valence-corrected chi connectivity index (χ3v) is 7.46. The first-order valence-electron chi connectivity index (χ1n) is 13.2. The summed E-state index contributed by atoms with van der Waals surface area (Å²) in [6, 6.07) is 2.47. The van der Waals surface area contributed by atoms with Crippen molar-refractivity contribution < 1.29 is 23.2 Å². The van der Waals surface area contributed by atoms with Crippen molar-refractivity contribution in [2.75, 3.05) is 31.3 Å². The number of hydrogen-bond donors (Lipinski definition) is 3. The fraction of sp³-hybridized carbons (Fsp3) is 0.458. The van der Waals surface area contributed by atoms with Gasteiger partial charge in [0.1, 0.15) is 18.1 Å². The molecule has 0 saturated heterocycles. The largest absolute Gasteiger partial charge is 0.491 e. The fourth-order valence-corrected chi connectivity index (χ4v) is 4.29. The normalized spacial score (nSPS) is 15.1. The maximum atomic E-state index is 12.8. The molecule has 0 aliphatic heterocycles. The van der Waals surface area contributed by atoms with Crippen molar-refractivity contribution in [3.63, 3.8) is 0 Å². The van der Waals surface area contributed by atoms with Crippen LogP contribution in [0.4, 0.5) is 17.3 Å². The Morgan fingerprint density at radius 3 is 2.72 bits per heavy atom. The van der Waals surface area contributed by atoms with Crippen LogP contribution in [0.5, 0.6) is 5.75 Å². The molecule has 3 aromatic heterocycles. The summed E-state index contributed by atoms with van der Waals surface area (Å²) in [5.41, 5.74) is 0.760. The number of nitrogens with one attached hydrogen (secondary N) is 3. The first-order chi connectivity index (χ1) is 18.3. The second-order valence-electron chi connectivity index (χ2n) is 9.89. The van der Waals surface area contributed by atoms with E-state index in [0.29, 0.717) is 17.9 Å². The molecule has 0 aromatic carbocycles. The van der Waals surface area contributed by atoms with Crippen LogP contribution in [0.25, 0.3) is 10.9 Å². The van der Waals surface area contributed by atoms with E-state index in [1.54, 1.807) is 17.1 Å². The van der Waals surface area contributed by atoms with Crippen molar-refractivity contribution in [1.82, 2.24) is 25.1 Å². The van der Waals surface area contributed by atoms with Crippen LogP contribution in [0.15, 0.2) is 24.7 Å². The molecular formula is C24H33N7O4Si. The number of carbonyl (C=O) groups excluding carboxylic acids is 2. The monoisotopic (exact) mass is 514 g/mol. The van der Waals surface area contributed by atoms with Crippen molar-refractivity contribution in [2.45, 2.75) is 45.3 Å². The minimum Gasteiger partial charge on any atom is -0.491 e. The van der Waals surface area contributed by atoms with Gasteiger partial charge in [-0.05, 0) is 18.9 Å². The molecule has 3 heterocycles. The lowest BCUT2D eigenvalue weighted by atomic mass is 10.2. The summed E-state index contributed by atoms with van der Waals surface area (Å²) in [7, 11) is 0.238. The molecule has 0 radical (unpaired) electrons. The molecule has 11 nitrogen and oxygen atoms in total. The molecule has 1 fully saturated rings. The van der Waals surface area contributed by atoms with Crippen LogP contribution >= 0.6 is 0 Å². The van der Waals surface area contributed by atoms with E-state index in [1.807, 2.05) is 5.32 Å². The Kier molecular flexibility index (Phi) is 6.42. The fourth-order valence-electron chi connectivity index (χ4n) is 3.53. The van der Waals surface area contributed by atoms with Gasteiger partial charge in [0.25, 0.3) is 5.91 Å². The second-order valence-corrected chi connectivity index (χ2v) is 15.5. The van der Waals surface area contributed by atoms with Crippen LogP contribution in [0, 0.1) is 5.92 Å². The standard InChI is InChI=1S/C24H33N7O4Si/c1-25-24(33)17-13-26-19(30-23(32)15-6-7-15)10-18(17)29-22-21(34-2)20-16(11-27-22)12-28-31(20)14-35-8-9-36(3,4)5/h10-13,15H,6-9,14H2,1-5H3,(H,25,33)(H2,26,27,29,30,32)/i1D3. The Balaban J connectivity index is 1.66. The molecule has 0 bridgehead atoms. The molecule has 1 saturated carbocycles. The number of pyridine rings is 2. The first-order valence-corrected chi connectivity index (χ1v) is 15.4. The van der Waals surface area contributed by atoms with Gasteiger partial charge in [-0.1, -0.05) is 19.6 Å². The number of hydrogen-bond acceptors (Lipinski definition) is 8. The van der Waals surface area contributed by atoms with E-state index in [0.717, 1.165) is 24.3 Å². The third-order valence-electron chi connectivity index (χ3n) is 5.76. The van der Waals surface area contributed by atoms with Gasteiger partial charge in [0.2, 0.25) is 5.91 Å². The van der Waals surface area contributed by atoms with Crippen LogP contribution in [-0.4, -0.2) is 60.3 Å². The number of nitrogens with zero attached hydrogens (tertiary/aromatic N) is 4. The molecule has 3 N–H and O–H groups in total. The minimum absolute atomic E-state index is 0.0531. The van der Waals surface area contributed by atoms with E-state index < -0.39 is 21.0 Å². The molecule has 1 aliphatic rings. The van der Waals surface area contributed by atoms with Gasteiger partial charge in [0.05, 0.1) is 24.6 Å². The number of ether oxygens (including phenoxy) is 2. The Morgan fingerprint density at radius 1 is 1.22 bits per heavy atom. The van der Waals surface area contributed by atoms with Gasteiger partial charge in [-0.3, -0.25) is 9.59 Å². The van der Waals surface area contributed by atoms with E-state index in [4.69, 9.17) is 13.6 Å². The Labute approximate surface area is 215 Å². The van der Waals surface area contributed by atoms with Crippen LogP contribution < -0.4 is 20.7 Å². The highest BCUT2D eigenvalue weighted by Gasteiger charge is 2.30. The van der Waals surface area contributed by atoms with Crippen molar-refractivity contribution in [1.29, 1.82) is 0 Å². The average Bonchev–Trinajstić information content (AvgIpc) is 3.61. The van der Waals surface area contributed by atoms with Gasteiger partial charge in [0, 0.05) is 55.5 Å². The summed E-state index contributed by atoms with van der Waals surface area (Å²) in [6.45, 7) is 4.96. The molecule has 4 rings (SSSR count). The first kappa shape index (κ1) is 21.7. The zero-order valence-electron chi connectivity index (χ0n) is 23.8. The summed E-state index contributed by atoms with van der Waals surface area (Å²) in [6.07, 6.45) is 6.08. The maximum Gasteiger partial charge on any atom is 0.254 e. The average molecular weight is 515 g/mol. The van der Waals surface area contributed by atoms with Crippen molar-refractivity contribution in [3.05, 3.63) is 30.2 Å². The quantitative estimate of drug-likeness (QED) is 0.261. The highest BCUT2D eigenvalue weighted by molar-refractivity contribution is 6.76. The Hall–Kier alpha value is -3.51. The molecule has 36 heavy (non-hydrogen) atoms. The van der Waals surface area contributed by atoms with Gasteiger partial charge in [-0.25, -0.2) is 14.6 Å². The number of carbonyl (C=O) groups is 2. The van der Waals surface area contributed by atoms with E-state index in [-0.39, 0.29) is 41.4 Å². The minimum atomic E-state index is -2.70. The number of methoxy groups -OCH3 is 1. The van der Waals surface area contributed by atoms with Crippen LogP contribution in [0.2, 0.25) is 25.7 Å². The predicted molar refractivity (Wildman–Crippen MR) is 140 cm³/mol.